The van der Waals surface area contributed by atoms with E-state index in [1.54, 1.807) is 14.0 Å². The van der Waals surface area contributed by atoms with Gasteiger partial charge in [0.15, 0.2) is 5.03 Å². The second kappa shape index (κ2) is 7.12. The van der Waals surface area contributed by atoms with Gasteiger partial charge in [0, 0.05) is 19.5 Å². The van der Waals surface area contributed by atoms with Gasteiger partial charge in [0.25, 0.3) is 10.0 Å². The second-order valence-corrected chi connectivity index (χ2v) is 6.93. The molecule has 0 spiro atoms. The van der Waals surface area contributed by atoms with Crippen LogP contribution in [0, 0.1) is 12.8 Å². The number of hydrogen-bond donors (Lipinski definition) is 1. The summed E-state index contributed by atoms with van der Waals surface area (Å²) in [5, 5.41) is 8.86. The van der Waals surface area contributed by atoms with Gasteiger partial charge in [0.1, 0.15) is 0 Å². The number of nitrogens with one attached hydrogen (secondary N) is 1. The molecule has 1 amide bonds. The van der Waals surface area contributed by atoms with Gasteiger partial charge in [0.05, 0.1) is 12.8 Å². The number of carbonyl (C=O) groups is 1. The number of carbonyl (C=O) groups excluding carboxylic acids is 1. The molecule has 0 aliphatic carbocycles. The number of amides is 1. The van der Waals surface area contributed by atoms with Crippen LogP contribution in [0.4, 0.5) is 0 Å². The van der Waals surface area contributed by atoms with E-state index in [4.69, 9.17) is 4.84 Å². The van der Waals surface area contributed by atoms with Crippen molar-refractivity contribution in [2.75, 3.05) is 20.2 Å². The van der Waals surface area contributed by atoms with Gasteiger partial charge in [-0.2, -0.15) is 18.6 Å². The van der Waals surface area contributed by atoms with E-state index in [9.17, 15) is 13.2 Å². The lowest BCUT2D eigenvalue weighted by molar-refractivity contribution is -0.149. The van der Waals surface area contributed by atoms with Crippen molar-refractivity contribution in [3.8, 4) is 0 Å². The zero-order valence-corrected chi connectivity index (χ0v) is 13.5. The molecule has 0 aromatic carbocycles. The van der Waals surface area contributed by atoms with Crippen LogP contribution in [0.15, 0.2) is 17.2 Å². The summed E-state index contributed by atoms with van der Waals surface area (Å²) in [7, 11) is -2.34. The third-order valence-electron chi connectivity index (χ3n) is 3.60. The Morgan fingerprint density at radius 2 is 2.05 bits per heavy atom. The third-order valence-corrected chi connectivity index (χ3v) is 4.87. The molecule has 1 aliphatic rings. The van der Waals surface area contributed by atoms with Crippen molar-refractivity contribution in [3.05, 3.63) is 17.8 Å². The largest absolute Gasteiger partial charge is 0.302 e. The molecular formula is C13H20N4O4S. The average Bonchev–Trinajstić information content (AvgIpc) is 2.48. The SMILES string of the molecule is CON1CCC(CC(=O)NS(=O)(=O)c2ccc(C)nn2)CC1. The molecule has 9 heteroatoms. The lowest BCUT2D eigenvalue weighted by Crippen LogP contribution is -2.37. The molecule has 0 unspecified atom stereocenters. The molecule has 22 heavy (non-hydrogen) atoms. The summed E-state index contributed by atoms with van der Waals surface area (Å²) < 4.78 is 26.1. The van der Waals surface area contributed by atoms with Crippen molar-refractivity contribution in [2.45, 2.75) is 31.2 Å². The van der Waals surface area contributed by atoms with Crippen LogP contribution in [-0.4, -0.2) is 49.8 Å². The summed E-state index contributed by atoms with van der Waals surface area (Å²) in [5.41, 5.74) is 0.607. The van der Waals surface area contributed by atoms with E-state index < -0.39 is 15.9 Å². The van der Waals surface area contributed by atoms with Crippen molar-refractivity contribution >= 4 is 15.9 Å². The fraction of sp³-hybridized carbons (Fsp3) is 0.615. The number of piperidine rings is 1. The Morgan fingerprint density at radius 3 is 2.59 bits per heavy atom. The van der Waals surface area contributed by atoms with Gasteiger partial charge in [0.2, 0.25) is 5.91 Å². The minimum Gasteiger partial charge on any atom is -0.302 e. The maximum absolute atomic E-state index is 12.0. The molecule has 0 radical (unpaired) electrons. The molecular weight excluding hydrogens is 308 g/mol. The zero-order valence-electron chi connectivity index (χ0n) is 12.7. The maximum Gasteiger partial charge on any atom is 0.283 e. The quantitative estimate of drug-likeness (QED) is 0.827. The molecule has 1 aromatic heterocycles. The van der Waals surface area contributed by atoms with Gasteiger partial charge in [-0.3, -0.25) is 4.79 Å². The molecule has 0 bridgehead atoms. The van der Waals surface area contributed by atoms with Gasteiger partial charge >= 0.3 is 0 Å². The number of sulfonamides is 1. The Bertz CT molecular complexity index is 609. The molecule has 2 rings (SSSR count). The first kappa shape index (κ1) is 16.8. The van der Waals surface area contributed by atoms with Crippen LogP contribution in [0.1, 0.15) is 25.0 Å². The lowest BCUT2D eigenvalue weighted by Gasteiger charge is -2.29. The van der Waals surface area contributed by atoms with Gasteiger partial charge in [-0.25, -0.2) is 4.72 Å². The van der Waals surface area contributed by atoms with Crippen molar-refractivity contribution in [3.63, 3.8) is 0 Å². The Hall–Kier alpha value is -1.58. The summed E-state index contributed by atoms with van der Waals surface area (Å²) >= 11 is 0. The van der Waals surface area contributed by atoms with Crippen LogP contribution in [0.5, 0.6) is 0 Å². The highest BCUT2D eigenvalue weighted by Gasteiger charge is 2.25. The standard InChI is InChI=1S/C13H20N4O4S/c1-10-3-4-13(15-14-10)22(19,20)16-12(18)9-11-5-7-17(21-2)8-6-11/h3-4,11H,5-9H2,1-2H3,(H,16,18). The Morgan fingerprint density at radius 1 is 1.36 bits per heavy atom. The molecule has 8 nitrogen and oxygen atoms in total. The maximum atomic E-state index is 12.0. The van der Waals surface area contributed by atoms with Crippen molar-refractivity contribution in [1.29, 1.82) is 0 Å². The summed E-state index contributed by atoms with van der Waals surface area (Å²) in [6.45, 7) is 3.18. The van der Waals surface area contributed by atoms with E-state index in [-0.39, 0.29) is 17.4 Å². The average molecular weight is 328 g/mol. The van der Waals surface area contributed by atoms with Crippen LogP contribution in [0.2, 0.25) is 0 Å². The molecule has 0 saturated carbocycles. The molecule has 1 N–H and O–H groups in total. The van der Waals surface area contributed by atoms with E-state index in [0.29, 0.717) is 5.69 Å². The smallest absolute Gasteiger partial charge is 0.283 e. The van der Waals surface area contributed by atoms with E-state index in [0.717, 1.165) is 25.9 Å². The number of nitrogens with zero attached hydrogens (tertiary/aromatic N) is 3. The summed E-state index contributed by atoms with van der Waals surface area (Å²) in [6.07, 6.45) is 1.77. The fourth-order valence-electron chi connectivity index (χ4n) is 2.33. The highest BCUT2D eigenvalue weighted by molar-refractivity contribution is 7.90. The summed E-state index contributed by atoms with van der Waals surface area (Å²) in [6, 6.07) is 2.86. The molecule has 0 atom stereocenters. The van der Waals surface area contributed by atoms with Gasteiger partial charge in [-0.1, -0.05) is 0 Å². The minimum absolute atomic E-state index is 0.158. The number of aromatic nitrogens is 2. The van der Waals surface area contributed by atoms with Crippen LogP contribution in [0.25, 0.3) is 0 Å². The van der Waals surface area contributed by atoms with E-state index in [2.05, 4.69) is 14.9 Å². The van der Waals surface area contributed by atoms with Crippen LogP contribution >= 0.6 is 0 Å². The first-order chi connectivity index (χ1) is 10.4. The van der Waals surface area contributed by atoms with Crippen molar-refractivity contribution < 1.29 is 18.0 Å². The molecule has 1 aromatic rings. The highest BCUT2D eigenvalue weighted by Crippen LogP contribution is 2.20. The van der Waals surface area contributed by atoms with Gasteiger partial charge < -0.3 is 4.84 Å². The number of hydroxylamine groups is 2. The predicted octanol–water partition coefficient (Wildman–Crippen LogP) is 0.253. The zero-order chi connectivity index (χ0) is 16.2. The molecule has 1 saturated heterocycles. The molecule has 1 fully saturated rings. The van der Waals surface area contributed by atoms with Gasteiger partial charge in [-0.15, -0.1) is 5.10 Å². The van der Waals surface area contributed by atoms with Crippen molar-refractivity contribution in [1.82, 2.24) is 20.0 Å². The third kappa shape index (κ3) is 4.46. The predicted molar refractivity (Wildman–Crippen MR) is 78.0 cm³/mol. The number of hydrogen-bond acceptors (Lipinski definition) is 7. The first-order valence-corrected chi connectivity index (χ1v) is 8.54. The van der Waals surface area contributed by atoms with Gasteiger partial charge in [-0.05, 0) is 37.8 Å². The van der Waals surface area contributed by atoms with E-state index in [1.807, 2.05) is 5.06 Å². The molecule has 122 valence electrons. The Kier molecular flexibility index (Phi) is 5.43. The normalized spacial score (nSPS) is 17.4. The van der Waals surface area contributed by atoms with Crippen LogP contribution < -0.4 is 4.72 Å². The monoisotopic (exact) mass is 328 g/mol. The Labute approximate surface area is 129 Å². The molecule has 2 heterocycles. The van der Waals surface area contributed by atoms with Crippen molar-refractivity contribution in [2.24, 2.45) is 5.92 Å². The number of rotatable bonds is 5. The summed E-state index contributed by atoms with van der Waals surface area (Å²) in [5.74, 6) is -0.357. The van der Waals surface area contributed by atoms with E-state index >= 15 is 0 Å². The summed E-state index contributed by atoms with van der Waals surface area (Å²) in [4.78, 5) is 17.0. The number of aryl methyl sites for hydroxylation is 1. The highest BCUT2D eigenvalue weighted by atomic mass is 32.2. The molecule has 1 aliphatic heterocycles. The fourth-order valence-corrected chi connectivity index (χ4v) is 3.22. The van der Waals surface area contributed by atoms with Crippen LogP contribution in [-0.2, 0) is 19.7 Å². The lowest BCUT2D eigenvalue weighted by atomic mass is 9.94. The van der Waals surface area contributed by atoms with E-state index in [1.165, 1.54) is 12.1 Å². The van der Waals surface area contributed by atoms with Crippen LogP contribution in [0.3, 0.4) is 0 Å². The first-order valence-electron chi connectivity index (χ1n) is 7.06. The minimum atomic E-state index is -3.95. The second-order valence-electron chi connectivity index (χ2n) is 5.30. The topological polar surface area (TPSA) is 101 Å². The Balaban J connectivity index is 1.90.